The Hall–Kier alpha value is -2.15. The molecule has 0 saturated carbocycles. The molecule has 1 amide bonds. The number of nitro groups is 1. The number of rotatable bonds is 5. The monoisotopic (exact) mass is 280 g/mol. The van der Waals surface area contributed by atoms with E-state index in [0.29, 0.717) is 13.1 Å². The minimum Gasteiger partial charge on any atom is -0.477 e. The number of methoxy groups -OCH3 is 1. The van der Waals surface area contributed by atoms with E-state index in [1.807, 2.05) is 0 Å². The Morgan fingerprint density at radius 3 is 2.90 bits per heavy atom. The normalized spacial score (nSPS) is 18.1. The third-order valence-electron chi connectivity index (χ3n) is 3.24. The van der Waals surface area contributed by atoms with Gasteiger partial charge in [-0.05, 0) is 12.5 Å². The van der Waals surface area contributed by atoms with E-state index in [0.717, 1.165) is 6.42 Å². The minimum absolute atomic E-state index is 0.0602. The van der Waals surface area contributed by atoms with Gasteiger partial charge in [-0.25, -0.2) is 0 Å². The first-order valence-corrected chi connectivity index (χ1v) is 6.28. The molecular formula is C13H16N2O5. The zero-order chi connectivity index (χ0) is 14.5. The molecule has 7 heteroatoms. The minimum atomic E-state index is -0.531. The molecule has 1 aromatic rings. The van der Waals surface area contributed by atoms with Crippen LogP contribution in [0.3, 0.4) is 0 Å². The molecule has 0 N–H and O–H groups in total. The van der Waals surface area contributed by atoms with Crippen LogP contribution in [0.4, 0.5) is 5.69 Å². The standard InChI is InChI=1S/C13H16N2O5/c1-19-10-6-7-14(8-10)13(16)9-20-12-5-3-2-4-11(12)15(17)18/h2-5,10H,6-9H2,1H3. The summed E-state index contributed by atoms with van der Waals surface area (Å²) in [7, 11) is 1.61. The molecule has 1 aliphatic rings. The van der Waals surface area contributed by atoms with Crippen molar-refractivity contribution >= 4 is 11.6 Å². The van der Waals surface area contributed by atoms with Gasteiger partial charge in [0, 0.05) is 26.3 Å². The maximum Gasteiger partial charge on any atom is 0.310 e. The van der Waals surface area contributed by atoms with Crippen LogP contribution in [0.25, 0.3) is 0 Å². The highest BCUT2D eigenvalue weighted by atomic mass is 16.6. The van der Waals surface area contributed by atoms with E-state index >= 15 is 0 Å². The van der Waals surface area contributed by atoms with Crippen LogP contribution in [0.1, 0.15) is 6.42 Å². The van der Waals surface area contributed by atoms with Crippen molar-refractivity contribution in [1.82, 2.24) is 4.90 Å². The molecular weight excluding hydrogens is 264 g/mol. The van der Waals surface area contributed by atoms with Crippen molar-refractivity contribution in [2.75, 3.05) is 26.8 Å². The summed E-state index contributed by atoms with van der Waals surface area (Å²) in [5.74, 6) is -0.0870. The molecule has 1 atom stereocenters. The van der Waals surface area contributed by atoms with E-state index in [2.05, 4.69) is 0 Å². The molecule has 0 bridgehead atoms. The number of para-hydroxylation sites is 2. The van der Waals surface area contributed by atoms with Gasteiger partial charge in [-0.15, -0.1) is 0 Å². The zero-order valence-electron chi connectivity index (χ0n) is 11.2. The summed E-state index contributed by atoms with van der Waals surface area (Å²) in [6.45, 7) is 0.953. The number of carbonyl (C=O) groups is 1. The van der Waals surface area contributed by atoms with E-state index in [-0.39, 0.29) is 30.1 Å². The average Bonchev–Trinajstić information content (AvgIpc) is 2.94. The van der Waals surface area contributed by atoms with Crippen LogP contribution >= 0.6 is 0 Å². The number of nitro benzene ring substituents is 1. The summed E-state index contributed by atoms with van der Waals surface area (Å²) in [6.07, 6.45) is 0.860. The van der Waals surface area contributed by atoms with Gasteiger partial charge in [-0.1, -0.05) is 12.1 Å². The van der Waals surface area contributed by atoms with Crippen LogP contribution in [0.2, 0.25) is 0 Å². The second kappa shape index (κ2) is 6.33. The van der Waals surface area contributed by atoms with Gasteiger partial charge in [0.2, 0.25) is 0 Å². The van der Waals surface area contributed by atoms with Gasteiger partial charge < -0.3 is 14.4 Å². The van der Waals surface area contributed by atoms with E-state index in [4.69, 9.17) is 9.47 Å². The summed E-state index contributed by atoms with van der Waals surface area (Å²) < 4.78 is 10.4. The Morgan fingerprint density at radius 1 is 1.50 bits per heavy atom. The maximum atomic E-state index is 11.9. The van der Waals surface area contributed by atoms with Crippen LogP contribution in [0.5, 0.6) is 5.75 Å². The highest BCUT2D eigenvalue weighted by Crippen LogP contribution is 2.25. The Kier molecular flexibility index (Phi) is 4.52. The quantitative estimate of drug-likeness (QED) is 0.598. The van der Waals surface area contributed by atoms with Gasteiger partial charge in [0.05, 0.1) is 11.0 Å². The largest absolute Gasteiger partial charge is 0.477 e. The van der Waals surface area contributed by atoms with Crippen molar-refractivity contribution in [3.05, 3.63) is 34.4 Å². The van der Waals surface area contributed by atoms with Crippen molar-refractivity contribution < 1.29 is 19.2 Å². The van der Waals surface area contributed by atoms with Gasteiger partial charge >= 0.3 is 5.69 Å². The Balaban J connectivity index is 1.92. The average molecular weight is 280 g/mol. The smallest absolute Gasteiger partial charge is 0.310 e. The molecule has 0 spiro atoms. The number of carbonyl (C=O) groups excluding carboxylic acids is 1. The molecule has 1 aromatic carbocycles. The van der Waals surface area contributed by atoms with Gasteiger partial charge in [0.25, 0.3) is 5.91 Å². The fourth-order valence-electron chi connectivity index (χ4n) is 2.11. The first-order chi connectivity index (χ1) is 9.61. The predicted molar refractivity (Wildman–Crippen MR) is 70.6 cm³/mol. The second-order valence-corrected chi connectivity index (χ2v) is 4.50. The van der Waals surface area contributed by atoms with Gasteiger partial charge in [0.15, 0.2) is 12.4 Å². The highest BCUT2D eigenvalue weighted by molar-refractivity contribution is 5.78. The topological polar surface area (TPSA) is 81.9 Å². The molecule has 1 saturated heterocycles. The first-order valence-electron chi connectivity index (χ1n) is 6.28. The van der Waals surface area contributed by atoms with Crippen LogP contribution in [0.15, 0.2) is 24.3 Å². The SMILES string of the molecule is COC1CCN(C(=O)COc2ccccc2[N+](=O)[O-])C1. The summed E-state index contributed by atoms with van der Waals surface area (Å²) in [5.41, 5.74) is -0.142. The molecule has 108 valence electrons. The second-order valence-electron chi connectivity index (χ2n) is 4.50. The van der Waals surface area contributed by atoms with Crippen LogP contribution in [-0.4, -0.2) is 48.6 Å². The Labute approximate surface area is 116 Å². The molecule has 20 heavy (non-hydrogen) atoms. The van der Waals surface area contributed by atoms with Crippen molar-refractivity contribution in [1.29, 1.82) is 0 Å². The number of amides is 1. The van der Waals surface area contributed by atoms with Crippen molar-refractivity contribution in [2.45, 2.75) is 12.5 Å². The molecule has 1 heterocycles. The predicted octanol–water partition coefficient (Wildman–Crippen LogP) is 1.22. The third-order valence-corrected chi connectivity index (χ3v) is 3.24. The van der Waals surface area contributed by atoms with E-state index in [9.17, 15) is 14.9 Å². The molecule has 0 radical (unpaired) electrons. The number of ether oxygens (including phenoxy) is 2. The fourth-order valence-corrected chi connectivity index (χ4v) is 2.11. The molecule has 0 aliphatic carbocycles. The summed E-state index contributed by atoms with van der Waals surface area (Å²) in [6, 6.07) is 6.00. The molecule has 2 rings (SSSR count). The van der Waals surface area contributed by atoms with Gasteiger partial charge in [0.1, 0.15) is 0 Å². The van der Waals surface area contributed by atoms with Crippen LogP contribution in [-0.2, 0) is 9.53 Å². The Morgan fingerprint density at radius 2 is 2.25 bits per heavy atom. The highest BCUT2D eigenvalue weighted by Gasteiger charge is 2.26. The maximum absolute atomic E-state index is 11.9. The fraction of sp³-hybridized carbons (Fsp3) is 0.462. The lowest BCUT2D eigenvalue weighted by atomic mass is 10.3. The van der Waals surface area contributed by atoms with Crippen LogP contribution < -0.4 is 4.74 Å². The molecule has 0 aromatic heterocycles. The van der Waals surface area contributed by atoms with Crippen molar-refractivity contribution in [3.63, 3.8) is 0 Å². The van der Waals surface area contributed by atoms with Gasteiger partial charge in [-0.3, -0.25) is 14.9 Å². The first kappa shape index (κ1) is 14.3. The molecule has 1 aliphatic heterocycles. The number of nitrogens with zero attached hydrogens (tertiary/aromatic N) is 2. The number of benzene rings is 1. The van der Waals surface area contributed by atoms with Gasteiger partial charge in [-0.2, -0.15) is 0 Å². The molecule has 1 fully saturated rings. The zero-order valence-corrected chi connectivity index (χ0v) is 11.2. The third kappa shape index (κ3) is 3.24. The van der Waals surface area contributed by atoms with E-state index in [1.54, 1.807) is 24.1 Å². The lowest BCUT2D eigenvalue weighted by Crippen LogP contribution is -2.33. The Bertz CT molecular complexity index is 505. The van der Waals surface area contributed by atoms with E-state index < -0.39 is 4.92 Å². The lowest BCUT2D eigenvalue weighted by molar-refractivity contribution is -0.385. The lowest BCUT2D eigenvalue weighted by Gasteiger charge is -2.16. The van der Waals surface area contributed by atoms with Crippen LogP contribution in [0, 0.1) is 10.1 Å². The summed E-state index contributed by atoms with van der Waals surface area (Å²) in [4.78, 5) is 23.9. The molecule has 1 unspecified atom stereocenters. The van der Waals surface area contributed by atoms with E-state index in [1.165, 1.54) is 12.1 Å². The summed E-state index contributed by atoms with van der Waals surface area (Å²) in [5, 5.41) is 10.8. The van der Waals surface area contributed by atoms with Crippen molar-refractivity contribution in [3.8, 4) is 5.75 Å². The number of hydrogen-bond acceptors (Lipinski definition) is 5. The van der Waals surface area contributed by atoms with Crippen molar-refractivity contribution in [2.24, 2.45) is 0 Å². The number of likely N-dealkylation sites (tertiary alicyclic amines) is 1. The summed E-state index contributed by atoms with van der Waals surface area (Å²) >= 11 is 0. The molecule has 7 nitrogen and oxygen atoms in total. The number of hydrogen-bond donors (Lipinski definition) is 0.